The maximum atomic E-state index is 12.7. The summed E-state index contributed by atoms with van der Waals surface area (Å²) < 4.78 is 1.28. The molecule has 0 radical (unpaired) electrons. The van der Waals surface area contributed by atoms with Crippen molar-refractivity contribution in [1.29, 1.82) is 0 Å². The molecule has 3 rings (SSSR count). The van der Waals surface area contributed by atoms with Crippen molar-refractivity contribution in [2.75, 3.05) is 11.9 Å². The van der Waals surface area contributed by atoms with Crippen LogP contribution in [0, 0.1) is 0 Å². The summed E-state index contributed by atoms with van der Waals surface area (Å²) in [6, 6.07) is 11.3. The Morgan fingerprint density at radius 3 is 2.52 bits per heavy atom. The van der Waals surface area contributed by atoms with E-state index < -0.39 is 6.09 Å². The number of phenols is 1. The Balaban J connectivity index is 2.56. The molecule has 0 saturated heterocycles. The van der Waals surface area contributed by atoms with Crippen LogP contribution >= 0.6 is 11.6 Å². The molecule has 2 aromatic carbocycles. The second kappa shape index (κ2) is 6.14. The van der Waals surface area contributed by atoms with Crippen molar-refractivity contribution < 1.29 is 15.0 Å². The third-order valence-electron chi connectivity index (χ3n) is 4.07. The van der Waals surface area contributed by atoms with Crippen molar-refractivity contribution in [3.63, 3.8) is 0 Å². The van der Waals surface area contributed by atoms with Crippen molar-refractivity contribution in [3.05, 3.63) is 57.8 Å². The van der Waals surface area contributed by atoms with Gasteiger partial charge in [0.2, 0.25) is 0 Å². The van der Waals surface area contributed by atoms with E-state index >= 15 is 0 Å². The summed E-state index contributed by atoms with van der Waals surface area (Å²) in [6.45, 7) is 0. The highest BCUT2D eigenvalue weighted by Crippen LogP contribution is 2.37. The predicted molar refractivity (Wildman–Crippen MR) is 97.7 cm³/mol. The van der Waals surface area contributed by atoms with E-state index in [9.17, 15) is 19.8 Å². The Morgan fingerprint density at radius 1 is 1.16 bits per heavy atom. The van der Waals surface area contributed by atoms with Crippen LogP contribution in [0.3, 0.4) is 0 Å². The second-order valence-corrected chi connectivity index (χ2v) is 6.08. The van der Waals surface area contributed by atoms with Gasteiger partial charge >= 0.3 is 6.09 Å². The van der Waals surface area contributed by atoms with Gasteiger partial charge in [-0.1, -0.05) is 23.7 Å². The van der Waals surface area contributed by atoms with E-state index in [4.69, 9.17) is 11.6 Å². The molecule has 25 heavy (non-hydrogen) atoms. The van der Waals surface area contributed by atoms with Gasteiger partial charge < -0.3 is 10.2 Å². The molecule has 3 aromatic rings. The molecular weight excluding hydrogens is 344 g/mol. The number of anilines is 1. The molecule has 6 nitrogen and oxygen atoms in total. The van der Waals surface area contributed by atoms with Gasteiger partial charge in [0.1, 0.15) is 11.6 Å². The van der Waals surface area contributed by atoms with Crippen LogP contribution in [0.25, 0.3) is 21.9 Å². The van der Waals surface area contributed by atoms with Gasteiger partial charge in [-0.25, -0.2) is 4.79 Å². The zero-order valence-corrected chi connectivity index (χ0v) is 14.3. The summed E-state index contributed by atoms with van der Waals surface area (Å²) >= 11 is 6.11. The standard InChI is InChI=1S/C18H15ClN2O4/c1-20-16(21(2)18(24)25)15(10-4-3-5-12(22)8-10)14-9-11(19)6-7-13(14)17(20)23/h3-9,22H,1-2H3,(H,24,25). The van der Waals surface area contributed by atoms with Crippen molar-refractivity contribution in [2.24, 2.45) is 7.05 Å². The minimum atomic E-state index is -1.21. The van der Waals surface area contributed by atoms with Crippen molar-refractivity contribution in [1.82, 2.24) is 4.57 Å². The summed E-state index contributed by atoms with van der Waals surface area (Å²) in [5.41, 5.74) is 0.741. The van der Waals surface area contributed by atoms with E-state index in [2.05, 4.69) is 0 Å². The van der Waals surface area contributed by atoms with Crippen LogP contribution in [0.15, 0.2) is 47.3 Å². The molecule has 0 aliphatic rings. The van der Waals surface area contributed by atoms with E-state index in [0.717, 1.165) is 4.90 Å². The van der Waals surface area contributed by atoms with Crippen molar-refractivity contribution in [2.45, 2.75) is 0 Å². The minimum absolute atomic E-state index is 0.0328. The normalized spacial score (nSPS) is 10.8. The Labute approximate surface area is 148 Å². The number of aromatic nitrogens is 1. The van der Waals surface area contributed by atoms with Gasteiger partial charge in [-0.15, -0.1) is 0 Å². The number of carboxylic acid groups (broad SMARTS) is 1. The topological polar surface area (TPSA) is 82.8 Å². The minimum Gasteiger partial charge on any atom is -0.508 e. The number of amides is 1. The Hall–Kier alpha value is -2.99. The lowest BCUT2D eigenvalue weighted by Crippen LogP contribution is -2.32. The average molecular weight is 359 g/mol. The lowest BCUT2D eigenvalue weighted by Gasteiger charge is -2.23. The molecule has 7 heteroatoms. The maximum Gasteiger partial charge on any atom is 0.412 e. The van der Waals surface area contributed by atoms with Crippen LogP contribution in [0.5, 0.6) is 5.75 Å². The number of hydrogen-bond donors (Lipinski definition) is 2. The molecule has 0 spiro atoms. The number of rotatable bonds is 2. The van der Waals surface area contributed by atoms with Crippen LogP contribution in [0.2, 0.25) is 5.02 Å². The quantitative estimate of drug-likeness (QED) is 0.732. The summed E-state index contributed by atoms with van der Waals surface area (Å²) in [5.74, 6) is 0.225. The molecule has 2 N–H and O–H groups in total. The van der Waals surface area contributed by atoms with E-state index in [1.165, 1.54) is 30.8 Å². The molecule has 0 bridgehead atoms. The number of carbonyl (C=O) groups is 1. The van der Waals surface area contributed by atoms with Crippen molar-refractivity contribution >= 4 is 34.3 Å². The van der Waals surface area contributed by atoms with E-state index in [1.54, 1.807) is 30.3 Å². The lowest BCUT2D eigenvalue weighted by molar-refractivity contribution is 0.203. The zero-order valence-electron chi connectivity index (χ0n) is 13.5. The third-order valence-corrected chi connectivity index (χ3v) is 4.30. The Bertz CT molecular complexity index is 1060. The second-order valence-electron chi connectivity index (χ2n) is 5.64. The van der Waals surface area contributed by atoms with E-state index in [-0.39, 0.29) is 17.1 Å². The highest BCUT2D eigenvalue weighted by Gasteiger charge is 2.22. The first-order valence-electron chi connectivity index (χ1n) is 7.39. The molecule has 0 unspecified atom stereocenters. The van der Waals surface area contributed by atoms with Gasteiger partial charge in [0, 0.05) is 35.5 Å². The van der Waals surface area contributed by atoms with Gasteiger partial charge in [-0.3, -0.25) is 14.3 Å². The summed E-state index contributed by atoms with van der Waals surface area (Å²) in [4.78, 5) is 25.2. The van der Waals surface area contributed by atoms with E-state index in [1.807, 2.05) is 0 Å². The highest BCUT2D eigenvalue weighted by atomic mass is 35.5. The smallest absolute Gasteiger partial charge is 0.412 e. The first-order valence-corrected chi connectivity index (χ1v) is 7.77. The highest BCUT2D eigenvalue weighted by molar-refractivity contribution is 6.31. The van der Waals surface area contributed by atoms with Gasteiger partial charge in [0.25, 0.3) is 5.56 Å². The van der Waals surface area contributed by atoms with Crippen LogP contribution in [-0.4, -0.2) is 27.9 Å². The number of aromatic hydroxyl groups is 1. The Morgan fingerprint density at radius 2 is 1.88 bits per heavy atom. The number of halogens is 1. The number of nitrogens with zero attached hydrogens (tertiary/aromatic N) is 2. The monoisotopic (exact) mass is 358 g/mol. The number of benzene rings is 2. The molecule has 1 aromatic heterocycles. The molecule has 0 aliphatic heterocycles. The van der Waals surface area contributed by atoms with Gasteiger partial charge in [0.05, 0.1) is 0 Å². The first-order chi connectivity index (χ1) is 11.8. The summed E-state index contributed by atoms with van der Waals surface area (Å²) in [6.07, 6.45) is -1.21. The molecule has 128 valence electrons. The van der Waals surface area contributed by atoms with Crippen LogP contribution < -0.4 is 10.5 Å². The fourth-order valence-corrected chi connectivity index (χ4v) is 3.08. The number of phenolic OH excluding ortho intramolecular Hbond substituents is 1. The Kier molecular flexibility index (Phi) is 4.14. The van der Waals surface area contributed by atoms with Crippen molar-refractivity contribution in [3.8, 4) is 16.9 Å². The maximum absolute atomic E-state index is 12.7. The number of pyridine rings is 1. The fraction of sp³-hybridized carbons (Fsp3) is 0.111. The molecule has 0 aliphatic carbocycles. The predicted octanol–water partition coefficient (Wildman–Crippen LogP) is 3.68. The molecule has 0 fully saturated rings. The van der Waals surface area contributed by atoms with Crippen LogP contribution in [0.4, 0.5) is 10.6 Å². The fourth-order valence-electron chi connectivity index (χ4n) is 2.90. The largest absolute Gasteiger partial charge is 0.508 e. The average Bonchev–Trinajstić information content (AvgIpc) is 2.57. The molecule has 0 atom stereocenters. The molecule has 1 amide bonds. The third kappa shape index (κ3) is 2.81. The van der Waals surface area contributed by atoms with Crippen LogP contribution in [0.1, 0.15) is 0 Å². The van der Waals surface area contributed by atoms with Crippen LogP contribution in [-0.2, 0) is 7.05 Å². The lowest BCUT2D eigenvalue weighted by atomic mass is 9.98. The number of hydrogen-bond acceptors (Lipinski definition) is 3. The summed E-state index contributed by atoms with van der Waals surface area (Å²) in [7, 11) is 2.87. The first kappa shape index (κ1) is 16.9. The molecular formula is C18H15ClN2O4. The SMILES string of the molecule is CN(C(=O)O)c1c(-c2cccc(O)c2)c2cc(Cl)ccc2c(=O)n1C. The molecule has 0 saturated carbocycles. The van der Waals surface area contributed by atoms with Gasteiger partial charge in [0.15, 0.2) is 0 Å². The molecule has 1 heterocycles. The van der Waals surface area contributed by atoms with Gasteiger partial charge in [-0.05, 0) is 35.9 Å². The zero-order chi connectivity index (χ0) is 18.3. The van der Waals surface area contributed by atoms with Gasteiger partial charge in [-0.2, -0.15) is 0 Å². The number of fused-ring (bicyclic) bond motifs is 1. The summed E-state index contributed by atoms with van der Waals surface area (Å²) in [5, 5.41) is 20.6. The van der Waals surface area contributed by atoms with E-state index in [0.29, 0.717) is 26.9 Å².